The van der Waals surface area contributed by atoms with Gasteiger partial charge in [0.2, 0.25) is 5.91 Å². The normalized spacial score (nSPS) is 22.6. The largest absolute Gasteiger partial charge is 0.435 e. The van der Waals surface area contributed by atoms with E-state index in [1.165, 1.54) is 12.1 Å². The molecule has 1 fully saturated rings. The lowest BCUT2D eigenvalue weighted by Crippen LogP contribution is -2.44. The molecule has 2 aromatic rings. The molecular weight excluding hydrogens is 606 g/mol. The second-order valence-corrected chi connectivity index (χ2v) is 10.9. The fourth-order valence-electron chi connectivity index (χ4n) is 5.51. The summed E-state index contributed by atoms with van der Waals surface area (Å²) < 4.78 is 95.4. The van der Waals surface area contributed by atoms with E-state index in [1.807, 2.05) is 0 Å². The maximum absolute atomic E-state index is 14.4. The van der Waals surface area contributed by atoms with E-state index in [9.17, 15) is 40.3 Å². The molecule has 6 nitrogen and oxygen atoms in total. The van der Waals surface area contributed by atoms with Crippen LogP contribution in [0.15, 0.2) is 29.4 Å². The van der Waals surface area contributed by atoms with Crippen LogP contribution in [0.25, 0.3) is 0 Å². The summed E-state index contributed by atoms with van der Waals surface area (Å²) in [7, 11) is 0. The number of alkyl halides is 6. The predicted molar refractivity (Wildman–Crippen MR) is 133 cm³/mol. The molecule has 3 aliphatic rings. The first-order valence-corrected chi connectivity index (χ1v) is 13.2. The van der Waals surface area contributed by atoms with Crippen LogP contribution >= 0.6 is 23.2 Å². The van der Waals surface area contributed by atoms with Crippen LogP contribution < -0.4 is 5.32 Å². The summed E-state index contributed by atoms with van der Waals surface area (Å²) in [5, 5.41) is 5.00. The first-order chi connectivity index (χ1) is 19.1. The molecular formula is C26H20Cl2F7N3O3. The molecule has 5 rings (SSSR count). The Bertz CT molecular complexity index is 1440. The Hall–Kier alpha value is -3.06. The maximum Gasteiger partial charge on any atom is 0.435 e. The van der Waals surface area contributed by atoms with Gasteiger partial charge in [-0.2, -0.15) is 26.3 Å². The van der Waals surface area contributed by atoms with Crippen LogP contribution in [-0.2, 0) is 28.1 Å². The van der Waals surface area contributed by atoms with Gasteiger partial charge in [0.05, 0.1) is 15.8 Å². The van der Waals surface area contributed by atoms with E-state index >= 15 is 0 Å². The molecule has 15 heteroatoms. The van der Waals surface area contributed by atoms with Gasteiger partial charge in [-0.1, -0.05) is 34.4 Å². The van der Waals surface area contributed by atoms with E-state index in [4.69, 9.17) is 28.0 Å². The minimum atomic E-state index is -5.00. The van der Waals surface area contributed by atoms with Crippen LogP contribution in [0.5, 0.6) is 0 Å². The number of fused-ring (bicyclic) bond motifs is 1. The first-order valence-electron chi connectivity index (χ1n) is 12.4. The number of carbonyl (C=O) groups excluding carboxylic acids is 2. The Morgan fingerprint density at radius 2 is 1.76 bits per heavy atom. The first kappa shape index (κ1) is 29.4. The molecule has 2 unspecified atom stereocenters. The number of carbonyl (C=O) groups is 2. The van der Waals surface area contributed by atoms with Crippen molar-refractivity contribution in [3.05, 3.63) is 67.9 Å². The molecule has 2 aromatic carbocycles. The number of rotatable bonds is 5. The van der Waals surface area contributed by atoms with Crippen molar-refractivity contribution in [2.45, 2.75) is 56.1 Å². The van der Waals surface area contributed by atoms with Crippen molar-refractivity contribution in [1.29, 1.82) is 0 Å². The van der Waals surface area contributed by atoms with Gasteiger partial charge < -0.3 is 15.1 Å². The number of oxime groups is 1. The number of hydrogen-bond acceptors (Lipinski definition) is 4. The van der Waals surface area contributed by atoms with Crippen molar-refractivity contribution in [3.8, 4) is 0 Å². The molecule has 1 aliphatic carbocycles. The summed E-state index contributed by atoms with van der Waals surface area (Å²) in [6.45, 7) is -1.58. The number of amides is 2. The molecule has 0 saturated carbocycles. The van der Waals surface area contributed by atoms with Gasteiger partial charge in [0.25, 0.3) is 11.5 Å². The highest BCUT2D eigenvalue weighted by molar-refractivity contribution is 6.35. The topological polar surface area (TPSA) is 71.0 Å². The van der Waals surface area contributed by atoms with Crippen LogP contribution in [-0.4, -0.2) is 53.9 Å². The minimum Gasteiger partial charge on any atom is -0.374 e. The molecule has 1 N–H and O–H groups in total. The Balaban J connectivity index is 1.40. The van der Waals surface area contributed by atoms with Crippen molar-refractivity contribution in [3.63, 3.8) is 0 Å². The van der Waals surface area contributed by atoms with E-state index in [2.05, 4.69) is 10.5 Å². The summed E-state index contributed by atoms with van der Waals surface area (Å²) in [5.74, 6) is -2.59. The number of hydrogen-bond donors (Lipinski definition) is 1. The Labute approximate surface area is 238 Å². The van der Waals surface area contributed by atoms with E-state index in [0.717, 1.165) is 12.1 Å². The van der Waals surface area contributed by atoms with Gasteiger partial charge in [0.15, 0.2) is 5.82 Å². The highest BCUT2D eigenvalue weighted by Gasteiger charge is 2.62. The zero-order valence-electron chi connectivity index (χ0n) is 20.9. The van der Waals surface area contributed by atoms with Crippen molar-refractivity contribution >= 4 is 40.7 Å². The Kier molecular flexibility index (Phi) is 7.42. The van der Waals surface area contributed by atoms with Gasteiger partial charge in [0.1, 0.15) is 12.6 Å². The SMILES string of the molecule is O=C(NC1CCN(CC(F)(F)F)C1=O)c1ccc(C2=NOC(c3cc(Cl)c(F)c(Cl)c3)(C(F)(F)F)C2)c2c1CCC2. The maximum atomic E-state index is 14.4. The molecule has 0 bridgehead atoms. The second-order valence-electron chi connectivity index (χ2n) is 10.0. The Morgan fingerprint density at radius 3 is 2.39 bits per heavy atom. The number of nitrogens with zero attached hydrogens (tertiary/aromatic N) is 2. The highest BCUT2D eigenvalue weighted by atomic mass is 35.5. The third-order valence-electron chi connectivity index (χ3n) is 7.45. The molecule has 0 aromatic heterocycles. The third kappa shape index (κ3) is 5.33. The molecule has 41 heavy (non-hydrogen) atoms. The van der Waals surface area contributed by atoms with Crippen molar-refractivity contribution in [1.82, 2.24) is 10.2 Å². The Morgan fingerprint density at radius 1 is 1.10 bits per heavy atom. The van der Waals surface area contributed by atoms with Crippen LogP contribution in [0, 0.1) is 5.82 Å². The third-order valence-corrected chi connectivity index (χ3v) is 8.00. The molecule has 2 amide bonds. The van der Waals surface area contributed by atoms with Crippen molar-refractivity contribution in [2.75, 3.05) is 13.1 Å². The van der Waals surface area contributed by atoms with Crippen LogP contribution in [0.4, 0.5) is 30.7 Å². The monoisotopic (exact) mass is 625 g/mol. The average Bonchev–Trinajstić information content (AvgIpc) is 3.61. The van der Waals surface area contributed by atoms with E-state index < -0.39 is 70.2 Å². The number of halogens is 9. The molecule has 0 spiro atoms. The molecule has 2 aliphatic heterocycles. The van der Waals surface area contributed by atoms with Gasteiger partial charge in [-0.15, -0.1) is 0 Å². The number of nitrogens with one attached hydrogen (secondary N) is 1. The smallest absolute Gasteiger partial charge is 0.374 e. The lowest BCUT2D eigenvalue weighted by atomic mass is 9.84. The van der Waals surface area contributed by atoms with Gasteiger partial charge in [-0.25, -0.2) is 4.39 Å². The van der Waals surface area contributed by atoms with Gasteiger partial charge in [0, 0.05) is 29.7 Å². The number of likely N-dealkylation sites (tertiary alicyclic amines) is 1. The minimum absolute atomic E-state index is 0.00597. The van der Waals surface area contributed by atoms with E-state index in [1.54, 1.807) is 0 Å². The predicted octanol–water partition coefficient (Wildman–Crippen LogP) is 6.10. The molecule has 220 valence electrons. The van der Waals surface area contributed by atoms with Gasteiger partial charge in [-0.05, 0) is 55.0 Å². The van der Waals surface area contributed by atoms with E-state index in [-0.39, 0.29) is 24.2 Å². The van der Waals surface area contributed by atoms with Crippen LogP contribution in [0.1, 0.15) is 51.9 Å². The quantitative estimate of drug-likeness (QED) is 0.323. The van der Waals surface area contributed by atoms with Crippen LogP contribution in [0.3, 0.4) is 0 Å². The molecule has 0 radical (unpaired) electrons. The zero-order valence-corrected chi connectivity index (χ0v) is 22.4. The molecule has 2 heterocycles. The molecule has 1 saturated heterocycles. The van der Waals surface area contributed by atoms with E-state index in [0.29, 0.717) is 40.9 Å². The zero-order chi connectivity index (χ0) is 29.9. The average molecular weight is 626 g/mol. The lowest BCUT2D eigenvalue weighted by molar-refractivity contribution is -0.275. The molecule has 2 atom stereocenters. The highest BCUT2D eigenvalue weighted by Crippen LogP contribution is 2.50. The van der Waals surface area contributed by atoms with Crippen molar-refractivity contribution in [2.24, 2.45) is 5.16 Å². The fraction of sp³-hybridized carbons (Fsp3) is 0.423. The summed E-state index contributed by atoms with van der Waals surface area (Å²) in [5.41, 5.74) is -1.97. The summed E-state index contributed by atoms with van der Waals surface area (Å²) in [6.07, 6.45) is -8.94. The second kappa shape index (κ2) is 10.3. The standard InChI is InChI=1S/C26H20Cl2F7N3O3/c27-17-8-12(9-18(28)21(17)29)24(26(33,34)35)10-20(37-41-24)15-4-5-16(14-3-1-2-13(14)15)22(39)36-19-6-7-38(23(19)40)11-25(30,31)32/h4-5,8-9,19H,1-3,6-7,10-11H2,(H,36,39). The lowest BCUT2D eigenvalue weighted by Gasteiger charge is -2.30. The summed E-state index contributed by atoms with van der Waals surface area (Å²) >= 11 is 11.5. The summed E-state index contributed by atoms with van der Waals surface area (Å²) in [6, 6.07) is 3.24. The van der Waals surface area contributed by atoms with Crippen LogP contribution in [0.2, 0.25) is 10.0 Å². The van der Waals surface area contributed by atoms with Crippen molar-refractivity contribution < 1.29 is 45.2 Å². The van der Waals surface area contributed by atoms with Gasteiger partial charge >= 0.3 is 12.4 Å². The summed E-state index contributed by atoms with van der Waals surface area (Å²) in [4.78, 5) is 31.1. The fourth-order valence-corrected chi connectivity index (χ4v) is 6.00. The van der Waals surface area contributed by atoms with Gasteiger partial charge in [-0.3, -0.25) is 9.59 Å². The number of benzene rings is 2.